The predicted octanol–water partition coefficient (Wildman–Crippen LogP) is 4.28. The van der Waals surface area contributed by atoms with E-state index in [9.17, 15) is 4.79 Å². The lowest BCUT2D eigenvalue weighted by molar-refractivity contribution is 0.102. The topological polar surface area (TPSA) is 51.2 Å². The average Bonchev–Trinajstić information content (AvgIpc) is 3.07. The molecule has 0 unspecified atom stereocenters. The Morgan fingerprint density at radius 2 is 2.04 bits per heavy atom. The molecular weight excluding hydrogens is 308 g/mol. The van der Waals surface area contributed by atoms with E-state index in [1.165, 1.54) is 11.3 Å². The molecule has 1 aromatic heterocycles. The van der Waals surface area contributed by atoms with Crippen LogP contribution in [0.5, 0.6) is 5.75 Å². The second-order valence-electron chi connectivity index (χ2n) is 5.12. The normalized spacial score (nSPS) is 10.3. The van der Waals surface area contributed by atoms with E-state index in [0.29, 0.717) is 17.9 Å². The molecule has 1 heterocycles. The molecule has 0 aliphatic carbocycles. The van der Waals surface area contributed by atoms with Crippen molar-refractivity contribution in [1.29, 1.82) is 0 Å². The fourth-order valence-electron chi connectivity index (χ4n) is 2.09. The van der Waals surface area contributed by atoms with Gasteiger partial charge in [0.2, 0.25) is 0 Å². The Morgan fingerprint density at radius 3 is 2.74 bits per heavy atom. The highest BCUT2D eigenvalue weighted by atomic mass is 32.1. The van der Waals surface area contributed by atoms with Gasteiger partial charge in [0.1, 0.15) is 12.4 Å². The molecule has 3 aromatic rings. The minimum Gasteiger partial charge on any atom is -0.487 e. The second-order valence-corrected chi connectivity index (χ2v) is 5.84. The SMILES string of the molecule is Cc1cccc(NC(=O)c2ccc(OCc3cscn3)cc2)c1. The van der Waals surface area contributed by atoms with Crippen LogP contribution in [0.1, 0.15) is 21.6 Å². The molecule has 0 spiro atoms. The maximum atomic E-state index is 12.2. The third kappa shape index (κ3) is 4.17. The molecule has 0 radical (unpaired) electrons. The highest BCUT2D eigenvalue weighted by Gasteiger charge is 2.06. The molecule has 4 nitrogen and oxygen atoms in total. The van der Waals surface area contributed by atoms with Crippen molar-refractivity contribution in [2.45, 2.75) is 13.5 Å². The molecule has 116 valence electrons. The van der Waals surface area contributed by atoms with Gasteiger partial charge in [0, 0.05) is 16.6 Å². The van der Waals surface area contributed by atoms with Crippen LogP contribution in [0.15, 0.2) is 59.4 Å². The lowest BCUT2D eigenvalue weighted by atomic mass is 10.2. The molecule has 3 rings (SSSR count). The van der Waals surface area contributed by atoms with Crippen molar-refractivity contribution in [1.82, 2.24) is 4.98 Å². The van der Waals surface area contributed by atoms with Crippen LogP contribution in [0, 0.1) is 6.92 Å². The molecule has 1 amide bonds. The summed E-state index contributed by atoms with van der Waals surface area (Å²) in [6.45, 7) is 2.42. The molecule has 0 saturated heterocycles. The van der Waals surface area contributed by atoms with E-state index < -0.39 is 0 Å². The Bertz CT molecular complexity index is 783. The third-order valence-corrected chi connectivity index (χ3v) is 3.90. The molecule has 0 saturated carbocycles. The van der Waals surface area contributed by atoms with Crippen molar-refractivity contribution in [3.63, 3.8) is 0 Å². The van der Waals surface area contributed by atoms with E-state index in [-0.39, 0.29) is 5.91 Å². The average molecular weight is 324 g/mol. The number of aryl methyl sites for hydroxylation is 1. The van der Waals surface area contributed by atoms with Crippen LogP contribution in [-0.2, 0) is 6.61 Å². The monoisotopic (exact) mass is 324 g/mol. The molecular formula is C18H16N2O2S. The molecule has 0 fully saturated rings. The zero-order valence-electron chi connectivity index (χ0n) is 12.7. The number of amides is 1. The first-order chi connectivity index (χ1) is 11.2. The van der Waals surface area contributed by atoms with Gasteiger partial charge in [0.15, 0.2) is 0 Å². The van der Waals surface area contributed by atoms with Crippen molar-refractivity contribution in [3.05, 3.63) is 76.2 Å². The van der Waals surface area contributed by atoms with Gasteiger partial charge in [-0.15, -0.1) is 11.3 Å². The largest absolute Gasteiger partial charge is 0.487 e. The number of ether oxygens (including phenoxy) is 1. The maximum absolute atomic E-state index is 12.2. The first kappa shape index (κ1) is 15.2. The lowest BCUT2D eigenvalue weighted by Crippen LogP contribution is -2.11. The molecule has 0 aliphatic heterocycles. The molecule has 5 heteroatoms. The van der Waals surface area contributed by atoms with Gasteiger partial charge in [-0.05, 0) is 48.9 Å². The summed E-state index contributed by atoms with van der Waals surface area (Å²) in [4.78, 5) is 16.4. The number of anilines is 1. The Balaban J connectivity index is 1.61. The van der Waals surface area contributed by atoms with E-state index >= 15 is 0 Å². The number of benzene rings is 2. The number of hydrogen-bond donors (Lipinski definition) is 1. The minimum absolute atomic E-state index is 0.137. The molecule has 2 aromatic carbocycles. The quantitative estimate of drug-likeness (QED) is 0.762. The highest BCUT2D eigenvalue weighted by molar-refractivity contribution is 7.07. The zero-order valence-corrected chi connectivity index (χ0v) is 13.5. The van der Waals surface area contributed by atoms with E-state index in [0.717, 1.165) is 16.9 Å². The highest BCUT2D eigenvalue weighted by Crippen LogP contribution is 2.16. The van der Waals surface area contributed by atoms with Crippen molar-refractivity contribution < 1.29 is 9.53 Å². The Kier molecular flexibility index (Phi) is 4.68. The Labute approximate surface area is 138 Å². The summed E-state index contributed by atoms with van der Waals surface area (Å²) in [5.41, 5.74) is 5.16. The van der Waals surface area contributed by atoms with Gasteiger partial charge < -0.3 is 10.1 Å². The number of aromatic nitrogens is 1. The number of nitrogens with zero attached hydrogens (tertiary/aromatic N) is 1. The zero-order chi connectivity index (χ0) is 16.1. The number of hydrogen-bond acceptors (Lipinski definition) is 4. The minimum atomic E-state index is -0.137. The fraction of sp³-hybridized carbons (Fsp3) is 0.111. The van der Waals surface area contributed by atoms with E-state index in [1.54, 1.807) is 29.8 Å². The number of carbonyl (C=O) groups is 1. The van der Waals surface area contributed by atoms with Crippen molar-refractivity contribution >= 4 is 22.9 Å². The van der Waals surface area contributed by atoms with Gasteiger partial charge >= 0.3 is 0 Å². The van der Waals surface area contributed by atoms with Crippen molar-refractivity contribution in [2.24, 2.45) is 0 Å². The summed E-state index contributed by atoms with van der Waals surface area (Å²) in [7, 11) is 0. The lowest BCUT2D eigenvalue weighted by Gasteiger charge is -2.08. The van der Waals surface area contributed by atoms with Crippen LogP contribution < -0.4 is 10.1 Å². The van der Waals surface area contributed by atoms with Crippen LogP contribution >= 0.6 is 11.3 Å². The van der Waals surface area contributed by atoms with Gasteiger partial charge in [0.25, 0.3) is 5.91 Å². The first-order valence-corrected chi connectivity index (χ1v) is 8.13. The van der Waals surface area contributed by atoms with Crippen molar-refractivity contribution in [3.8, 4) is 5.75 Å². The smallest absolute Gasteiger partial charge is 0.255 e. The second kappa shape index (κ2) is 7.07. The summed E-state index contributed by atoms with van der Waals surface area (Å²) in [6.07, 6.45) is 0. The standard InChI is InChI=1S/C18H16N2O2S/c1-13-3-2-4-15(9-13)20-18(21)14-5-7-17(8-6-14)22-10-16-11-23-12-19-16/h2-9,11-12H,10H2,1H3,(H,20,21). The van der Waals surface area contributed by atoms with E-state index in [2.05, 4.69) is 10.3 Å². The van der Waals surface area contributed by atoms with Gasteiger partial charge in [0.05, 0.1) is 11.2 Å². The summed E-state index contributed by atoms with van der Waals surface area (Å²) in [5, 5.41) is 4.83. The third-order valence-electron chi connectivity index (χ3n) is 3.26. The Morgan fingerprint density at radius 1 is 1.22 bits per heavy atom. The number of rotatable bonds is 5. The van der Waals surface area contributed by atoms with Crippen LogP contribution in [0.4, 0.5) is 5.69 Å². The van der Waals surface area contributed by atoms with Crippen LogP contribution in [-0.4, -0.2) is 10.9 Å². The molecule has 23 heavy (non-hydrogen) atoms. The predicted molar refractivity (Wildman–Crippen MR) is 92.0 cm³/mol. The number of nitrogens with one attached hydrogen (secondary N) is 1. The maximum Gasteiger partial charge on any atom is 0.255 e. The van der Waals surface area contributed by atoms with Crippen LogP contribution in [0.25, 0.3) is 0 Å². The molecule has 0 aliphatic rings. The molecule has 0 atom stereocenters. The summed E-state index contributed by atoms with van der Waals surface area (Å²) in [5.74, 6) is 0.576. The van der Waals surface area contributed by atoms with Gasteiger partial charge in [-0.2, -0.15) is 0 Å². The van der Waals surface area contributed by atoms with Crippen molar-refractivity contribution in [2.75, 3.05) is 5.32 Å². The van der Waals surface area contributed by atoms with Gasteiger partial charge in [-0.25, -0.2) is 4.98 Å². The van der Waals surface area contributed by atoms with Crippen LogP contribution in [0.2, 0.25) is 0 Å². The summed E-state index contributed by atoms with van der Waals surface area (Å²) < 4.78 is 5.63. The first-order valence-electron chi connectivity index (χ1n) is 7.19. The molecule has 1 N–H and O–H groups in total. The van der Waals surface area contributed by atoms with E-state index in [1.807, 2.05) is 36.6 Å². The van der Waals surface area contributed by atoms with Crippen LogP contribution in [0.3, 0.4) is 0 Å². The van der Waals surface area contributed by atoms with E-state index in [4.69, 9.17) is 4.74 Å². The fourth-order valence-corrected chi connectivity index (χ4v) is 2.64. The number of thiazole rings is 1. The summed E-state index contributed by atoms with van der Waals surface area (Å²) >= 11 is 1.54. The Hall–Kier alpha value is -2.66. The van der Waals surface area contributed by atoms with Gasteiger partial charge in [-0.3, -0.25) is 4.79 Å². The summed E-state index contributed by atoms with van der Waals surface area (Å²) in [6, 6.07) is 14.8. The van der Waals surface area contributed by atoms with Gasteiger partial charge in [-0.1, -0.05) is 12.1 Å². The molecule has 0 bridgehead atoms. The number of carbonyl (C=O) groups excluding carboxylic acids is 1.